The molecule has 0 saturated heterocycles. The van der Waals surface area contributed by atoms with Crippen molar-refractivity contribution in [2.24, 2.45) is 0 Å². The second kappa shape index (κ2) is 8.87. The summed E-state index contributed by atoms with van der Waals surface area (Å²) in [4.78, 5) is 0. The molecule has 1 atom stereocenters. The largest absolute Gasteiger partial charge is 0.384 e. The van der Waals surface area contributed by atoms with Gasteiger partial charge in [0.25, 0.3) is 0 Å². The highest BCUT2D eigenvalue weighted by Gasteiger charge is 2.36. The molecular formula is C27H24OSi. The lowest BCUT2D eigenvalue weighted by atomic mass is 10.1. The van der Waals surface area contributed by atoms with Crippen molar-refractivity contribution in [1.82, 2.24) is 0 Å². The molecule has 4 aromatic rings. The first-order valence-electron chi connectivity index (χ1n) is 9.89. The Kier molecular flexibility index (Phi) is 5.85. The molecule has 0 aromatic heterocycles. The summed E-state index contributed by atoms with van der Waals surface area (Å²) in [6.45, 7) is 0. The first-order chi connectivity index (χ1) is 14.3. The molecule has 0 spiro atoms. The van der Waals surface area contributed by atoms with E-state index in [2.05, 4.69) is 96.7 Å². The van der Waals surface area contributed by atoms with Gasteiger partial charge in [-0.3, -0.25) is 0 Å². The van der Waals surface area contributed by atoms with E-state index in [0.717, 1.165) is 5.56 Å². The van der Waals surface area contributed by atoms with Gasteiger partial charge in [0.2, 0.25) is 0 Å². The Morgan fingerprint density at radius 2 is 0.862 bits per heavy atom. The molecule has 1 N–H and O–H groups in total. The van der Waals surface area contributed by atoms with Gasteiger partial charge in [-0.2, -0.15) is 0 Å². The number of hydrogen-bond donors (Lipinski definition) is 1. The molecule has 0 heterocycles. The average Bonchev–Trinajstić information content (AvgIpc) is 2.82. The molecule has 29 heavy (non-hydrogen) atoms. The maximum atomic E-state index is 10.9. The van der Waals surface area contributed by atoms with Crippen LogP contribution in [0.2, 0.25) is 0 Å². The Hall–Kier alpha value is -3.20. The van der Waals surface area contributed by atoms with Crippen molar-refractivity contribution >= 4 is 23.6 Å². The van der Waals surface area contributed by atoms with E-state index in [1.807, 2.05) is 36.4 Å². The van der Waals surface area contributed by atoms with Gasteiger partial charge in [-0.1, -0.05) is 133 Å². The number of rotatable bonds is 6. The Morgan fingerprint density at radius 3 is 1.24 bits per heavy atom. The highest BCUT2D eigenvalue weighted by molar-refractivity contribution is 7.14. The number of aliphatic hydroxyl groups is 1. The average molecular weight is 393 g/mol. The van der Waals surface area contributed by atoms with Crippen LogP contribution in [0.1, 0.15) is 11.7 Å². The van der Waals surface area contributed by atoms with Crippen LogP contribution in [-0.2, 0) is 0 Å². The highest BCUT2D eigenvalue weighted by atomic mass is 28.3. The van der Waals surface area contributed by atoms with Gasteiger partial charge < -0.3 is 5.11 Å². The lowest BCUT2D eigenvalue weighted by Gasteiger charge is -2.31. The summed E-state index contributed by atoms with van der Waals surface area (Å²) in [6.07, 6.45) is 1.33. The molecule has 0 amide bonds. The molecular weight excluding hydrogens is 368 g/mol. The molecule has 4 rings (SSSR count). The van der Waals surface area contributed by atoms with Crippen molar-refractivity contribution < 1.29 is 5.11 Å². The summed E-state index contributed by atoms with van der Waals surface area (Å²) in [5.41, 5.74) is 3.19. The Balaban J connectivity index is 1.92. The van der Waals surface area contributed by atoms with Gasteiger partial charge in [-0.15, -0.1) is 0 Å². The summed E-state index contributed by atoms with van der Waals surface area (Å²) in [5, 5.41) is 14.8. The first-order valence-corrected chi connectivity index (χ1v) is 12.0. The zero-order valence-corrected chi connectivity index (χ0v) is 17.2. The van der Waals surface area contributed by atoms with Crippen molar-refractivity contribution in [2.45, 2.75) is 6.10 Å². The van der Waals surface area contributed by atoms with E-state index in [-0.39, 0.29) is 0 Å². The van der Waals surface area contributed by atoms with E-state index in [1.165, 1.54) is 15.6 Å². The van der Waals surface area contributed by atoms with Crippen molar-refractivity contribution in [2.75, 3.05) is 0 Å². The van der Waals surface area contributed by atoms with Crippen molar-refractivity contribution in [3.63, 3.8) is 0 Å². The van der Waals surface area contributed by atoms with Gasteiger partial charge in [0.05, 0.1) is 6.10 Å². The highest BCUT2D eigenvalue weighted by Crippen LogP contribution is 2.16. The van der Waals surface area contributed by atoms with Crippen LogP contribution in [-0.4, -0.2) is 13.2 Å². The zero-order chi connectivity index (χ0) is 19.9. The summed E-state index contributed by atoms with van der Waals surface area (Å²) >= 11 is 0. The maximum absolute atomic E-state index is 10.9. The molecule has 1 nitrogen and oxygen atoms in total. The summed E-state index contributed by atoms with van der Waals surface area (Å²) in [6, 6.07) is 41.9. The fourth-order valence-electron chi connectivity index (χ4n) is 3.89. The minimum atomic E-state index is -2.46. The lowest BCUT2D eigenvalue weighted by molar-refractivity contribution is 0.229. The number of benzene rings is 4. The molecule has 0 fully saturated rings. The van der Waals surface area contributed by atoms with Gasteiger partial charge in [0.1, 0.15) is 0 Å². The van der Waals surface area contributed by atoms with E-state index in [0.29, 0.717) is 0 Å². The SMILES string of the molecule is OC(/C=C/[Si](c1ccccc1)(c1ccccc1)c1ccccc1)c1ccccc1. The van der Waals surface area contributed by atoms with E-state index in [1.54, 1.807) is 0 Å². The molecule has 0 aliphatic rings. The van der Waals surface area contributed by atoms with E-state index >= 15 is 0 Å². The molecule has 0 saturated carbocycles. The van der Waals surface area contributed by atoms with Crippen LogP contribution < -0.4 is 15.6 Å². The Morgan fingerprint density at radius 1 is 0.517 bits per heavy atom. The van der Waals surface area contributed by atoms with Crippen LogP contribution in [0.25, 0.3) is 0 Å². The maximum Gasteiger partial charge on any atom is 0.172 e. The fourth-order valence-corrected chi connectivity index (χ4v) is 8.09. The molecule has 1 unspecified atom stereocenters. The topological polar surface area (TPSA) is 20.2 Å². The van der Waals surface area contributed by atoms with Gasteiger partial charge >= 0.3 is 0 Å². The van der Waals surface area contributed by atoms with Gasteiger partial charge in [-0.25, -0.2) is 0 Å². The first kappa shape index (κ1) is 19.1. The normalized spacial score (nSPS) is 12.7. The molecule has 0 bridgehead atoms. The van der Waals surface area contributed by atoms with Gasteiger partial charge in [0.15, 0.2) is 8.07 Å². The van der Waals surface area contributed by atoms with Crippen molar-refractivity contribution in [3.8, 4) is 0 Å². The minimum absolute atomic E-state index is 0.640. The Labute approximate surface area is 173 Å². The molecule has 142 valence electrons. The molecule has 4 aromatic carbocycles. The van der Waals surface area contributed by atoms with Crippen molar-refractivity contribution in [1.29, 1.82) is 0 Å². The van der Waals surface area contributed by atoms with Crippen LogP contribution in [0.5, 0.6) is 0 Å². The fraction of sp³-hybridized carbons (Fsp3) is 0.0370. The monoisotopic (exact) mass is 392 g/mol. The smallest absolute Gasteiger partial charge is 0.172 e. The summed E-state index contributed by atoms with van der Waals surface area (Å²) < 4.78 is 0. The molecule has 0 aliphatic heterocycles. The summed E-state index contributed by atoms with van der Waals surface area (Å²) in [5.74, 6) is 0. The third kappa shape index (κ3) is 3.99. The lowest BCUT2D eigenvalue weighted by Crippen LogP contribution is -2.66. The van der Waals surface area contributed by atoms with Crippen molar-refractivity contribution in [3.05, 3.63) is 139 Å². The van der Waals surface area contributed by atoms with Gasteiger partial charge in [-0.05, 0) is 21.1 Å². The number of aliphatic hydroxyl groups excluding tert-OH is 1. The van der Waals surface area contributed by atoms with E-state index in [9.17, 15) is 5.11 Å². The number of hydrogen-bond acceptors (Lipinski definition) is 1. The predicted molar refractivity (Wildman–Crippen MR) is 125 cm³/mol. The third-order valence-electron chi connectivity index (χ3n) is 5.36. The minimum Gasteiger partial charge on any atom is -0.384 e. The Bertz CT molecular complexity index is 948. The molecule has 0 radical (unpaired) electrons. The van der Waals surface area contributed by atoms with E-state index in [4.69, 9.17) is 0 Å². The second-order valence-corrected chi connectivity index (χ2v) is 10.8. The van der Waals surface area contributed by atoms with Crippen LogP contribution in [0.15, 0.2) is 133 Å². The molecule has 2 heteroatoms. The quantitative estimate of drug-likeness (QED) is 0.389. The van der Waals surface area contributed by atoms with E-state index < -0.39 is 14.2 Å². The third-order valence-corrected chi connectivity index (χ3v) is 9.78. The van der Waals surface area contributed by atoms with Crippen LogP contribution in [0.4, 0.5) is 0 Å². The zero-order valence-electron chi connectivity index (χ0n) is 16.2. The van der Waals surface area contributed by atoms with Crippen LogP contribution in [0, 0.1) is 0 Å². The standard InChI is InChI=1S/C27H24OSi/c28-27(23-13-5-1-6-14-23)21-22-29(24-15-7-2-8-16-24,25-17-9-3-10-18-25)26-19-11-4-12-20-26/h1-22,27-28H/b22-21+. The second-order valence-electron chi connectivity index (χ2n) is 7.12. The van der Waals surface area contributed by atoms with Gasteiger partial charge in [0, 0.05) is 0 Å². The van der Waals surface area contributed by atoms with Crippen LogP contribution >= 0.6 is 0 Å². The summed E-state index contributed by atoms with van der Waals surface area (Å²) in [7, 11) is -2.46. The van der Waals surface area contributed by atoms with Crippen LogP contribution in [0.3, 0.4) is 0 Å². The molecule has 0 aliphatic carbocycles. The predicted octanol–water partition coefficient (Wildman–Crippen LogP) is 3.99.